The van der Waals surface area contributed by atoms with Crippen LogP contribution in [0, 0.1) is 17.2 Å². The molecule has 29 heavy (non-hydrogen) atoms. The van der Waals surface area contributed by atoms with E-state index < -0.39 is 0 Å². The minimum atomic E-state index is 0.0559. The molecule has 2 aliphatic rings. The van der Waals surface area contributed by atoms with Crippen LogP contribution < -0.4 is 10.1 Å². The molecule has 0 bridgehead atoms. The molecule has 7 nitrogen and oxygen atoms in total. The lowest BCUT2D eigenvalue weighted by Crippen LogP contribution is -2.20. The van der Waals surface area contributed by atoms with Gasteiger partial charge in [0.1, 0.15) is 0 Å². The lowest BCUT2D eigenvalue weighted by atomic mass is 9.93. The monoisotopic (exact) mass is 384 g/mol. The summed E-state index contributed by atoms with van der Waals surface area (Å²) >= 11 is 0. The number of nitrogens with one attached hydrogen (secondary N) is 1. The van der Waals surface area contributed by atoms with Gasteiger partial charge in [0.05, 0.1) is 59.9 Å². The zero-order chi connectivity index (χ0) is 20.2. The van der Waals surface area contributed by atoms with E-state index in [2.05, 4.69) is 26.3 Å². The van der Waals surface area contributed by atoms with Gasteiger partial charge in [-0.1, -0.05) is 6.08 Å². The average Bonchev–Trinajstić information content (AvgIpc) is 3.16. The van der Waals surface area contributed by atoms with Gasteiger partial charge >= 0.3 is 0 Å². The lowest BCUT2D eigenvalue weighted by molar-refractivity contribution is 0.395. The molecule has 2 aromatic rings. The number of aryl methyl sites for hydroxylation is 2. The van der Waals surface area contributed by atoms with Gasteiger partial charge in [0.15, 0.2) is 0 Å². The molecular formula is C22H20N6O. The number of nitrogens with zero attached hydrogens (tertiary/aromatic N) is 5. The highest BCUT2D eigenvalue weighted by Crippen LogP contribution is 2.34. The second-order valence-electron chi connectivity index (χ2n) is 6.69. The molecule has 0 saturated heterocycles. The standard InChI is InChI=1S/C22H20N6O/c1-24-22-18-8-3-14(10-23)9-19(18)28-21(22)15-4-5-16(25-11-15)6-7-17-12-27-20(29-2)13-26-17/h3-5,8-9,11-13,18,24H,6-7H2,1-2H3. The Morgan fingerprint density at radius 2 is 1.93 bits per heavy atom. The maximum Gasteiger partial charge on any atom is 0.231 e. The number of fused-ring (bicyclic) bond motifs is 1. The van der Waals surface area contributed by atoms with Gasteiger partial charge in [-0.15, -0.1) is 0 Å². The number of pyridine rings is 1. The van der Waals surface area contributed by atoms with Crippen molar-refractivity contribution in [3.8, 4) is 11.9 Å². The quantitative estimate of drug-likeness (QED) is 0.822. The number of allylic oxidation sites excluding steroid dienone is 4. The van der Waals surface area contributed by atoms with E-state index in [9.17, 15) is 0 Å². The van der Waals surface area contributed by atoms with Gasteiger partial charge in [-0.2, -0.15) is 5.26 Å². The number of hydrogen-bond donors (Lipinski definition) is 1. The molecule has 1 atom stereocenters. The number of ether oxygens (including phenoxy) is 1. The third kappa shape index (κ3) is 3.78. The minimum absolute atomic E-state index is 0.0559. The summed E-state index contributed by atoms with van der Waals surface area (Å²) in [5.41, 5.74) is 6.21. The number of rotatable bonds is 6. The van der Waals surface area contributed by atoms with Gasteiger partial charge in [0, 0.05) is 24.5 Å². The maximum atomic E-state index is 9.13. The predicted octanol–water partition coefficient (Wildman–Crippen LogP) is 2.64. The van der Waals surface area contributed by atoms with E-state index in [1.807, 2.05) is 43.6 Å². The van der Waals surface area contributed by atoms with E-state index in [0.29, 0.717) is 11.5 Å². The predicted molar refractivity (Wildman–Crippen MR) is 110 cm³/mol. The van der Waals surface area contributed by atoms with E-state index in [1.165, 1.54) is 0 Å². The van der Waals surface area contributed by atoms with Crippen LogP contribution in [0.2, 0.25) is 0 Å². The van der Waals surface area contributed by atoms with E-state index >= 15 is 0 Å². The molecular weight excluding hydrogens is 364 g/mol. The number of methoxy groups -OCH3 is 1. The molecule has 1 aliphatic carbocycles. The van der Waals surface area contributed by atoms with Crippen molar-refractivity contribution in [3.05, 3.63) is 77.2 Å². The van der Waals surface area contributed by atoms with Gasteiger partial charge in [0.25, 0.3) is 0 Å². The van der Waals surface area contributed by atoms with Crippen LogP contribution in [0.3, 0.4) is 0 Å². The summed E-state index contributed by atoms with van der Waals surface area (Å²) in [6.45, 7) is 0. The molecule has 3 heterocycles. The normalized spacial score (nSPS) is 17.3. The molecule has 0 spiro atoms. The van der Waals surface area contributed by atoms with Crippen LogP contribution in [0.4, 0.5) is 0 Å². The molecule has 7 heteroatoms. The van der Waals surface area contributed by atoms with Crippen LogP contribution in [0.1, 0.15) is 17.0 Å². The van der Waals surface area contributed by atoms with E-state index in [4.69, 9.17) is 15.0 Å². The number of hydrogen-bond acceptors (Lipinski definition) is 7. The molecule has 0 saturated carbocycles. The fourth-order valence-corrected chi connectivity index (χ4v) is 3.39. The van der Waals surface area contributed by atoms with Crippen molar-refractivity contribution in [1.82, 2.24) is 20.3 Å². The molecule has 0 fully saturated rings. The first-order valence-corrected chi connectivity index (χ1v) is 9.32. The number of aromatic nitrogens is 3. The molecule has 2 aromatic heterocycles. The molecule has 0 radical (unpaired) electrons. The Bertz CT molecular complexity index is 1070. The highest BCUT2D eigenvalue weighted by Gasteiger charge is 2.29. The summed E-state index contributed by atoms with van der Waals surface area (Å²) in [5.74, 6) is 0.565. The summed E-state index contributed by atoms with van der Waals surface area (Å²) in [6, 6.07) is 6.22. The molecule has 1 aliphatic heterocycles. The average molecular weight is 384 g/mol. The van der Waals surface area contributed by atoms with Crippen molar-refractivity contribution in [2.24, 2.45) is 10.9 Å². The smallest absolute Gasteiger partial charge is 0.231 e. The van der Waals surface area contributed by atoms with Gasteiger partial charge in [-0.05, 0) is 37.1 Å². The summed E-state index contributed by atoms with van der Waals surface area (Å²) in [4.78, 5) is 17.9. The molecule has 1 N–H and O–H groups in total. The van der Waals surface area contributed by atoms with E-state index in [0.717, 1.165) is 46.9 Å². The lowest BCUT2D eigenvalue weighted by Gasteiger charge is -2.14. The first-order valence-electron chi connectivity index (χ1n) is 9.32. The van der Waals surface area contributed by atoms with Crippen LogP contribution in [0.15, 0.2) is 65.2 Å². The van der Waals surface area contributed by atoms with E-state index in [1.54, 1.807) is 19.5 Å². The second-order valence-corrected chi connectivity index (χ2v) is 6.69. The van der Waals surface area contributed by atoms with Gasteiger partial charge in [-0.3, -0.25) is 9.97 Å². The molecule has 144 valence electrons. The molecule has 1 unspecified atom stereocenters. The Morgan fingerprint density at radius 1 is 1.10 bits per heavy atom. The zero-order valence-electron chi connectivity index (χ0n) is 16.3. The maximum absolute atomic E-state index is 9.13. The first-order chi connectivity index (χ1) is 14.2. The Kier molecular flexibility index (Phi) is 5.16. The van der Waals surface area contributed by atoms with Crippen LogP contribution >= 0.6 is 0 Å². The van der Waals surface area contributed by atoms with Crippen molar-refractivity contribution in [3.63, 3.8) is 0 Å². The molecule has 4 rings (SSSR count). The van der Waals surface area contributed by atoms with E-state index in [-0.39, 0.29) is 5.92 Å². The Labute approximate surface area is 169 Å². The number of aliphatic imine (C=N–C) groups is 1. The second kappa shape index (κ2) is 8.07. The van der Waals surface area contributed by atoms with Crippen LogP contribution in [0.5, 0.6) is 5.88 Å². The van der Waals surface area contributed by atoms with Crippen molar-refractivity contribution >= 4 is 11.4 Å². The van der Waals surface area contributed by atoms with Crippen LogP contribution in [0.25, 0.3) is 5.70 Å². The highest BCUT2D eigenvalue weighted by atomic mass is 16.5. The SMILES string of the molecule is CNC1=C(c2ccc(CCc3cnc(OC)cn3)nc2)N=C2C=C(C#N)C=CC21. The summed E-state index contributed by atoms with van der Waals surface area (Å²) < 4.78 is 5.03. The highest BCUT2D eigenvalue weighted by molar-refractivity contribution is 6.09. The Balaban J connectivity index is 1.50. The van der Waals surface area contributed by atoms with Gasteiger partial charge < -0.3 is 10.1 Å². The summed E-state index contributed by atoms with van der Waals surface area (Å²) in [5, 5.41) is 12.4. The Hall–Kier alpha value is -3.79. The minimum Gasteiger partial charge on any atom is -0.480 e. The topological polar surface area (TPSA) is 96.1 Å². The molecule has 0 amide bonds. The van der Waals surface area contributed by atoms with Gasteiger partial charge in [-0.25, -0.2) is 9.98 Å². The summed E-state index contributed by atoms with van der Waals surface area (Å²) in [6.07, 6.45) is 12.4. The first kappa shape index (κ1) is 18.6. The Morgan fingerprint density at radius 3 is 2.59 bits per heavy atom. The van der Waals surface area contributed by atoms with Crippen molar-refractivity contribution in [2.45, 2.75) is 12.8 Å². The van der Waals surface area contributed by atoms with Crippen molar-refractivity contribution in [1.29, 1.82) is 5.26 Å². The third-order valence-electron chi connectivity index (χ3n) is 4.92. The fourth-order valence-electron chi connectivity index (χ4n) is 3.39. The van der Waals surface area contributed by atoms with Crippen molar-refractivity contribution < 1.29 is 4.74 Å². The van der Waals surface area contributed by atoms with Crippen molar-refractivity contribution in [2.75, 3.05) is 14.2 Å². The largest absolute Gasteiger partial charge is 0.480 e. The summed E-state index contributed by atoms with van der Waals surface area (Å²) in [7, 11) is 3.46. The zero-order valence-corrected chi connectivity index (χ0v) is 16.3. The number of nitriles is 1. The van der Waals surface area contributed by atoms with Crippen LogP contribution in [-0.2, 0) is 12.8 Å². The van der Waals surface area contributed by atoms with Gasteiger partial charge in [0.2, 0.25) is 5.88 Å². The van der Waals surface area contributed by atoms with Crippen LogP contribution in [-0.4, -0.2) is 34.8 Å². The third-order valence-corrected chi connectivity index (χ3v) is 4.92. The fraction of sp³-hybridized carbons (Fsp3) is 0.227. The molecule has 0 aromatic carbocycles.